The average molecular weight is 430 g/mol. The molecule has 9 heteroatoms. The second kappa shape index (κ2) is 9.74. The summed E-state index contributed by atoms with van der Waals surface area (Å²) < 4.78 is 18.0. The standard InChI is InChI=1S/C22H27FN4O4/c1-4-31-22(30)20-14(2)19(15(3)24-20)21(29)27-11-9-26(10-12-27)13-18(28)25-17-7-5-16(23)6-8-17/h5-8,24H,4,9-13H2,1-3H3,(H,25,28). The van der Waals surface area contributed by atoms with Crippen LogP contribution in [0.5, 0.6) is 0 Å². The molecule has 2 aromatic rings. The molecule has 0 radical (unpaired) electrons. The van der Waals surface area contributed by atoms with Gasteiger partial charge < -0.3 is 19.9 Å². The second-order valence-electron chi connectivity index (χ2n) is 7.47. The van der Waals surface area contributed by atoms with E-state index in [4.69, 9.17) is 4.74 Å². The second-order valence-corrected chi connectivity index (χ2v) is 7.47. The van der Waals surface area contributed by atoms with Crippen molar-refractivity contribution in [1.82, 2.24) is 14.8 Å². The zero-order valence-corrected chi connectivity index (χ0v) is 18.0. The number of amides is 2. The summed E-state index contributed by atoms with van der Waals surface area (Å²) in [7, 11) is 0. The van der Waals surface area contributed by atoms with E-state index >= 15 is 0 Å². The van der Waals surface area contributed by atoms with Crippen LogP contribution >= 0.6 is 0 Å². The van der Waals surface area contributed by atoms with Crippen molar-refractivity contribution in [3.63, 3.8) is 0 Å². The zero-order chi connectivity index (χ0) is 22.5. The van der Waals surface area contributed by atoms with Gasteiger partial charge in [0.1, 0.15) is 11.5 Å². The number of aromatic nitrogens is 1. The van der Waals surface area contributed by atoms with E-state index in [0.717, 1.165) is 0 Å². The summed E-state index contributed by atoms with van der Waals surface area (Å²) in [5.74, 6) is -1.17. The number of carbonyl (C=O) groups excluding carboxylic acids is 3. The highest BCUT2D eigenvalue weighted by Crippen LogP contribution is 2.21. The third-order valence-electron chi connectivity index (χ3n) is 5.29. The molecule has 0 unspecified atom stereocenters. The minimum absolute atomic E-state index is 0.141. The molecule has 2 amide bonds. The smallest absolute Gasteiger partial charge is 0.355 e. The monoisotopic (exact) mass is 430 g/mol. The first-order chi connectivity index (χ1) is 14.8. The molecule has 1 aromatic carbocycles. The fourth-order valence-corrected chi connectivity index (χ4v) is 3.68. The van der Waals surface area contributed by atoms with Gasteiger partial charge in [0, 0.05) is 37.6 Å². The summed E-state index contributed by atoms with van der Waals surface area (Å²) in [6, 6.07) is 5.60. The molecule has 1 aromatic heterocycles. The van der Waals surface area contributed by atoms with Gasteiger partial charge in [-0.3, -0.25) is 14.5 Å². The number of H-pyrrole nitrogens is 1. The van der Waals surface area contributed by atoms with E-state index < -0.39 is 5.97 Å². The molecule has 0 bridgehead atoms. The Morgan fingerprint density at radius 2 is 1.74 bits per heavy atom. The van der Waals surface area contributed by atoms with Crippen molar-refractivity contribution in [2.24, 2.45) is 0 Å². The van der Waals surface area contributed by atoms with Crippen molar-refractivity contribution in [3.05, 3.63) is 52.6 Å². The quantitative estimate of drug-likeness (QED) is 0.686. The number of nitrogens with zero attached hydrogens (tertiary/aromatic N) is 2. The Bertz CT molecular complexity index is 963. The van der Waals surface area contributed by atoms with Gasteiger partial charge in [0.2, 0.25) is 5.91 Å². The van der Waals surface area contributed by atoms with Gasteiger partial charge in [-0.05, 0) is 50.6 Å². The highest BCUT2D eigenvalue weighted by molar-refractivity contribution is 6.01. The van der Waals surface area contributed by atoms with Gasteiger partial charge in [0.15, 0.2) is 0 Å². The van der Waals surface area contributed by atoms with Gasteiger partial charge in [-0.2, -0.15) is 0 Å². The zero-order valence-electron chi connectivity index (χ0n) is 18.0. The molecule has 1 saturated heterocycles. The Kier molecular flexibility index (Phi) is 7.06. The van der Waals surface area contributed by atoms with E-state index in [1.54, 1.807) is 25.7 Å². The Labute approximate surface area is 180 Å². The molecule has 1 aliphatic rings. The van der Waals surface area contributed by atoms with Crippen molar-refractivity contribution in [2.45, 2.75) is 20.8 Å². The Hall–Kier alpha value is -3.20. The molecular formula is C22H27FN4O4. The number of ether oxygens (including phenoxy) is 1. The van der Waals surface area contributed by atoms with Crippen LogP contribution in [0.15, 0.2) is 24.3 Å². The Balaban J connectivity index is 1.56. The van der Waals surface area contributed by atoms with Crippen LogP contribution in [0.3, 0.4) is 0 Å². The van der Waals surface area contributed by atoms with E-state index in [1.165, 1.54) is 24.3 Å². The van der Waals surface area contributed by atoms with Gasteiger partial charge >= 0.3 is 5.97 Å². The maximum Gasteiger partial charge on any atom is 0.355 e. The number of hydrogen-bond acceptors (Lipinski definition) is 5. The molecule has 0 atom stereocenters. The highest BCUT2D eigenvalue weighted by Gasteiger charge is 2.28. The van der Waals surface area contributed by atoms with Crippen molar-refractivity contribution < 1.29 is 23.5 Å². The van der Waals surface area contributed by atoms with E-state index in [-0.39, 0.29) is 30.8 Å². The SMILES string of the molecule is CCOC(=O)c1[nH]c(C)c(C(=O)N2CCN(CC(=O)Nc3ccc(F)cc3)CC2)c1C. The van der Waals surface area contributed by atoms with E-state index in [9.17, 15) is 18.8 Å². The van der Waals surface area contributed by atoms with E-state index in [1.807, 2.05) is 4.90 Å². The minimum Gasteiger partial charge on any atom is -0.461 e. The molecule has 0 aliphatic carbocycles. The summed E-state index contributed by atoms with van der Waals surface area (Å²) in [5.41, 5.74) is 2.55. The molecular weight excluding hydrogens is 403 g/mol. The molecule has 2 heterocycles. The van der Waals surface area contributed by atoms with E-state index in [0.29, 0.717) is 54.4 Å². The van der Waals surface area contributed by atoms with Crippen LogP contribution in [-0.2, 0) is 9.53 Å². The lowest BCUT2D eigenvalue weighted by molar-refractivity contribution is -0.117. The number of nitrogens with one attached hydrogen (secondary N) is 2. The lowest BCUT2D eigenvalue weighted by atomic mass is 10.1. The summed E-state index contributed by atoms with van der Waals surface area (Å²) in [6.45, 7) is 7.73. The van der Waals surface area contributed by atoms with Crippen molar-refractivity contribution >= 4 is 23.5 Å². The van der Waals surface area contributed by atoms with Gasteiger partial charge in [0.25, 0.3) is 5.91 Å². The van der Waals surface area contributed by atoms with Crippen LogP contribution < -0.4 is 5.32 Å². The number of anilines is 1. The first-order valence-electron chi connectivity index (χ1n) is 10.2. The third-order valence-corrected chi connectivity index (χ3v) is 5.29. The molecule has 166 valence electrons. The summed E-state index contributed by atoms with van der Waals surface area (Å²) in [4.78, 5) is 44.0. The van der Waals surface area contributed by atoms with Crippen LogP contribution in [-0.4, -0.2) is 71.9 Å². The van der Waals surface area contributed by atoms with Crippen LogP contribution in [0.4, 0.5) is 10.1 Å². The number of rotatable bonds is 6. The first kappa shape index (κ1) is 22.5. The largest absolute Gasteiger partial charge is 0.461 e. The maximum atomic E-state index is 13.1. The maximum absolute atomic E-state index is 13.1. The lowest BCUT2D eigenvalue weighted by Crippen LogP contribution is -2.50. The molecule has 2 N–H and O–H groups in total. The molecule has 0 saturated carbocycles. The van der Waals surface area contributed by atoms with E-state index in [2.05, 4.69) is 10.3 Å². The van der Waals surface area contributed by atoms with Crippen molar-refractivity contribution in [3.8, 4) is 0 Å². The van der Waals surface area contributed by atoms with Crippen LogP contribution in [0.2, 0.25) is 0 Å². The van der Waals surface area contributed by atoms with Crippen LogP contribution in [0, 0.1) is 19.7 Å². The highest BCUT2D eigenvalue weighted by atomic mass is 19.1. The summed E-state index contributed by atoms with van der Waals surface area (Å²) in [6.07, 6.45) is 0. The topological polar surface area (TPSA) is 94.7 Å². The number of halogens is 1. The normalized spacial score (nSPS) is 14.4. The number of benzene rings is 1. The number of carbonyl (C=O) groups is 3. The predicted molar refractivity (Wildman–Crippen MR) is 114 cm³/mol. The van der Waals surface area contributed by atoms with Crippen molar-refractivity contribution in [1.29, 1.82) is 0 Å². The minimum atomic E-state index is -0.473. The predicted octanol–water partition coefficient (Wildman–Crippen LogP) is 2.34. The van der Waals surface area contributed by atoms with Crippen LogP contribution in [0.1, 0.15) is 39.0 Å². The number of hydrogen-bond donors (Lipinski definition) is 2. The number of piperazine rings is 1. The number of esters is 1. The molecule has 1 fully saturated rings. The number of aryl methyl sites for hydroxylation is 1. The van der Waals surface area contributed by atoms with Gasteiger partial charge in [0.05, 0.1) is 18.7 Å². The lowest BCUT2D eigenvalue weighted by Gasteiger charge is -2.34. The molecule has 8 nitrogen and oxygen atoms in total. The van der Waals surface area contributed by atoms with Gasteiger partial charge in [-0.1, -0.05) is 0 Å². The molecule has 31 heavy (non-hydrogen) atoms. The Morgan fingerprint density at radius 3 is 2.35 bits per heavy atom. The molecule has 1 aliphatic heterocycles. The molecule has 0 spiro atoms. The van der Waals surface area contributed by atoms with Crippen molar-refractivity contribution in [2.75, 3.05) is 44.6 Å². The fraction of sp³-hybridized carbons (Fsp3) is 0.409. The summed E-state index contributed by atoms with van der Waals surface area (Å²) >= 11 is 0. The average Bonchev–Trinajstić information content (AvgIpc) is 3.04. The van der Waals surface area contributed by atoms with Crippen LogP contribution in [0.25, 0.3) is 0 Å². The number of aromatic amines is 1. The van der Waals surface area contributed by atoms with Gasteiger partial charge in [-0.15, -0.1) is 0 Å². The first-order valence-corrected chi connectivity index (χ1v) is 10.2. The Morgan fingerprint density at radius 1 is 1.10 bits per heavy atom. The summed E-state index contributed by atoms with van der Waals surface area (Å²) in [5, 5.41) is 2.74. The molecule has 3 rings (SSSR count). The third kappa shape index (κ3) is 5.29. The van der Waals surface area contributed by atoms with Gasteiger partial charge in [-0.25, -0.2) is 9.18 Å². The fourth-order valence-electron chi connectivity index (χ4n) is 3.68.